The highest BCUT2D eigenvalue weighted by atomic mass is 16.5. The van der Waals surface area contributed by atoms with E-state index >= 15 is 0 Å². The molecule has 0 bridgehead atoms. The first kappa shape index (κ1) is 19.6. The maximum atomic E-state index is 13.2. The molecule has 8 nitrogen and oxygen atoms in total. The van der Waals surface area contributed by atoms with Crippen LogP contribution >= 0.6 is 0 Å². The fourth-order valence-electron chi connectivity index (χ4n) is 3.86. The van der Waals surface area contributed by atoms with Crippen molar-refractivity contribution in [3.8, 4) is 0 Å². The minimum absolute atomic E-state index is 0.206. The van der Waals surface area contributed by atoms with E-state index in [1.807, 2.05) is 11.6 Å². The Bertz CT molecular complexity index is 913. The van der Waals surface area contributed by atoms with Crippen molar-refractivity contribution in [3.63, 3.8) is 0 Å². The van der Waals surface area contributed by atoms with Crippen molar-refractivity contribution in [1.82, 2.24) is 20.1 Å². The number of anilines is 1. The van der Waals surface area contributed by atoms with Gasteiger partial charge in [0.25, 0.3) is 11.8 Å². The summed E-state index contributed by atoms with van der Waals surface area (Å²) in [6, 6.07) is 3.26. The van der Waals surface area contributed by atoms with Crippen molar-refractivity contribution in [1.29, 1.82) is 0 Å². The predicted molar refractivity (Wildman–Crippen MR) is 108 cm³/mol. The lowest BCUT2D eigenvalue weighted by molar-refractivity contribution is 0.0597. The van der Waals surface area contributed by atoms with Crippen LogP contribution in [0.1, 0.15) is 63.8 Å². The molecule has 0 atom stereocenters. The third-order valence-corrected chi connectivity index (χ3v) is 5.65. The molecule has 4 rings (SSSR count). The van der Waals surface area contributed by atoms with E-state index in [-0.39, 0.29) is 17.5 Å². The molecule has 154 valence electrons. The highest BCUT2D eigenvalue weighted by molar-refractivity contribution is 6.05. The number of aromatic nitrogens is 3. The molecule has 1 saturated carbocycles. The molecule has 1 aliphatic carbocycles. The smallest absolute Gasteiger partial charge is 0.274 e. The first-order chi connectivity index (χ1) is 14.1. The van der Waals surface area contributed by atoms with Gasteiger partial charge in [-0.3, -0.25) is 19.3 Å². The van der Waals surface area contributed by atoms with Gasteiger partial charge in [-0.1, -0.05) is 0 Å². The normalized spacial score (nSPS) is 17.2. The third kappa shape index (κ3) is 4.32. The molecule has 8 heteroatoms. The second-order valence-corrected chi connectivity index (χ2v) is 7.83. The van der Waals surface area contributed by atoms with Gasteiger partial charge in [0.15, 0.2) is 0 Å². The Kier molecular flexibility index (Phi) is 5.62. The number of hydrogen-bond acceptors (Lipinski definition) is 5. The summed E-state index contributed by atoms with van der Waals surface area (Å²) in [6.45, 7) is 4.24. The van der Waals surface area contributed by atoms with Crippen LogP contribution in [0.15, 0.2) is 18.3 Å². The van der Waals surface area contributed by atoms with E-state index in [0.717, 1.165) is 56.7 Å². The van der Waals surface area contributed by atoms with Crippen LogP contribution in [0.2, 0.25) is 0 Å². The molecule has 0 aromatic carbocycles. The molecular weight excluding hydrogens is 370 g/mol. The molecule has 2 aromatic rings. The summed E-state index contributed by atoms with van der Waals surface area (Å²) in [5.74, 6) is 0.432. The van der Waals surface area contributed by atoms with Gasteiger partial charge in [0.2, 0.25) is 0 Å². The fourth-order valence-corrected chi connectivity index (χ4v) is 3.86. The molecule has 1 saturated heterocycles. The lowest BCUT2D eigenvalue weighted by Gasteiger charge is -2.22. The van der Waals surface area contributed by atoms with Gasteiger partial charge in [0, 0.05) is 50.2 Å². The van der Waals surface area contributed by atoms with Gasteiger partial charge >= 0.3 is 0 Å². The Hall–Kier alpha value is -2.74. The van der Waals surface area contributed by atoms with Gasteiger partial charge in [-0.25, -0.2) is 0 Å². The minimum Gasteiger partial charge on any atom is -0.381 e. The summed E-state index contributed by atoms with van der Waals surface area (Å²) in [5.41, 5.74) is 3.41. The van der Waals surface area contributed by atoms with Crippen LogP contribution in [-0.4, -0.2) is 46.8 Å². The van der Waals surface area contributed by atoms with E-state index < -0.39 is 0 Å². The number of nitrogens with one attached hydrogen (secondary N) is 2. The molecule has 2 amide bonds. The average molecular weight is 397 g/mol. The maximum absolute atomic E-state index is 13.2. The van der Waals surface area contributed by atoms with Crippen molar-refractivity contribution in [2.45, 2.75) is 45.1 Å². The first-order valence-electron chi connectivity index (χ1n) is 10.2. The highest BCUT2D eigenvalue weighted by Gasteiger charge is 2.32. The molecule has 2 N–H and O–H groups in total. The third-order valence-electron chi connectivity index (χ3n) is 5.65. The molecule has 1 aliphatic heterocycles. The van der Waals surface area contributed by atoms with Crippen molar-refractivity contribution in [2.75, 3.05) is 25.6 Å². The number of pyridine rings is 1. The Morgan fingerprint density at radius 1 is 1.21 bits per heavy atom. The van der Waals surface area contributed by atoms with E-state index in [0.29, 0.717) is 23.2 Å². The zero-order chi connectivity index (χ0) is 20.4. The summed E-state index contributed by atoms with van der Waals surface area (Å²) in [7, 11) is 1.55. The Morgan fingerprint density at radius 2 is 1.97 bits per heavy atom. The van der Waals surface area contributed by atoms with Crippen molar-refractivity contribution < 1.29 is 14.3 Å². The topological polar surface area (TPSA) is 98.1 Å². The summed E-state index contributed by atoms with van der Waals surface area (Å²) in [5, 5.41) is 10.3. The van der Waals surface area contributed by atoms with Crippen molar-refractivity contribution in [2.24, 2.45) is 5.92 Å². The van der Waals surface area contributed by atoms with E-state index in [1.165, 1.54) is 6.20 Å². The number of amides is 2. The maximum Gasteiger partial charge on any atom is 0.274 e. The molecule has 2 aromatic heterocycles. The first-order valence-corrected chi connectivity index (χ1v) is 10.2. The van der Waals surface area contributed by atoms with E-state index in [1.54, 1.807) is 19.2 Å². The van der Waals surface area contributed by atoms with E-state index in [4.69, 9.17) is 9.84 Å². The summed E-state index contributed by atoms with van der Waals surface area (Å²) >= 11 is 0. The number of carbonyl (C=O) groups excluding carboxylic acids is 2. The zero-order valence-corrected chi connectivity index (χ0v) is 16.9. The quantitative estimate of drug-likeness (QED) is 0.780. The van der Waals surface area contributed by atoms with E-state index in [2.05, 4.69) is 15.6 Å². The van der Waals surface area contributed by atoms with E-state index in [9.17, 15) is 9.59 Å². The van der Waals surface area contributed by atoms with Crippen molar-refractivity contribution in [3.05, 3.63) is 41.0 Å². The van der Waals surface area contributed by atoms with Crippen LogP contribution in [0.3, 0.4) is 0 Å². The van der Waals surface area contributed by atoms with Gasteiger partial charge in [-0.2, -0.15) is 5.10 Å². The van der Waals surface area contributed by atoms with Crippen molar-refractivity contribution >= 4 is 17.5 Å². The summed E-state index contributed by atoms with van der Waals surface area (Å²) < 4.78 is 7.35. The second-order valence-electron chi connectivity index (χ2n) is 7.83. The second kappa shape index (κ2) is 8.32. The molecule has 0 unspecified atom stereocenters. The van der Waals surface area contributed by atoms with Crippen LogP contribution in [0.5, 0.6) is 0 Å². The largest absolute Gasteiger partial charge is 0.381 e. The van der Waals surface area contributed by atoms with Crippen LogP contribution < -0.4 is 10.6 Å². The number of ether oxygens (including phenoxy) is 1. The Morgan fingerprint density at radius 3 is 2.66 bits per heavy atom. The molecule has 3 heterocycles. The van der Waals surface area contributed by atoms with Crippen LogP contribution in [0.4, 0.5) is 5.69 Å². The number of carbonyl (C=O) groups is 2. The molecule has 2 fully saturated rings. The van der Waals surface area contributed by atoms with Crippen LogP contribution in [0, 0.1) is 12.8 Å². The molecule has 29 heavy (non-hydrogen) atoms. The molecular formula is C21H27N5O3. The summed E-state index contributed by atoms with van der Waals surface area (Å²) in [6.07, 6.45) is 5.76. The predicted octanol–water partition coefficient (Wildman–Crippen LogP) is 2.50. The standard InChI is InChI=1S/C21H27N5O3/c1-13-18(15-3-4-15)25-26(12-14-6-9-29-10-7-14)19(13)21(28)24-16-5-8-23-17(11-16)20(27)22-2/h5,8,11,14-15H,3-4,6-7,9-10,12H2,1-2H3,(H,22,27)(H,23,24,28). The lowest BCUT2D eigenvalue weighted by Crippen LogP contribution is -2.25. The Balaban J connectivity index is 1.59. The number of nitrogens with zero attached hydrogens (tertiary/aromatic N) is 3. The average Bonchev–Trinajstić information content (AvgIpc) is 3.52. The van der Waals surface area contributed by atoms with Gasteiger partial charge in [0.05, 0.1) is 5.69 Å². The zero-order valence-electron chi connectivity index (χ0n) is 16.9. The molecule has 2 aliphatic rings. The number of rotatable bonds is 6. The highest BCUT2D eigenvalue weighted by Crippen LogP contribution is 2.41. The van der Waals surface area contributed by atoms with Gasteiger partial charge in [-0.15, -0.1) is 0 Å². The van der Waals surface area contributed by atoms with Gasteiger partial charge < -0.3 is 15.4 Å². The number of hydrogen-bond donors (Lipinski definition) is 2. The molecule has 0 radical (unpaired) electrons. The minimum atomic E-state index is -0.294. The van der Waals surface area contributed by atoms with Gasteiger partial charge in [0.1, 0.15) is 11.4 Å². The molecule has 0 spiro atoms. The summed E-state index contributed by atoms with van der Waals surface area (Å²) in [4.78, 5) is 29.1. The SMILES string of the molecule is CNC(=O)c1cc(NC(=O)c2c(C)c(C3CC3)nn2CC2CCOCC2)ccn1. The van der Waals surface area contributed by atoms with Gasteiger partial charge in [-0.05, 0) is 50.7 Å². The monoisotopic (exact) mass is 397 g/mol. The fraction of sp³-hybridized carbons (Fsp3) is 0.524. The Labute approximate surface area is 170 Å². The van der Waals surface area contributed by atoms with Crippen LogP contribution in [-0.2, 0) is 11.3 Å². The van der Waals surface area contributed by atoms with Crippen LogP contribution in [0.25, 0.3) is 0 Å². The lowest BCUT2D eigenvalue weighted by atomic mass is 10.0.